The van der Waals surface area contributed by atoms with Crippen molar-refractivity contribution < 1.29 is 15.0 Å². The van der Waals surface area contributed by atoms with E-state index < -0.39 is 18.2 Å². The zero-order chi connectivity index (χ0) is 12.6. The Kier molecular flexibility index (Phi) is 7.23. The highest BCUT2D eigenvalue weighted by Crippen LogP contribution is 1.99. The largest absolute Gasteiger partial charge is 0.480 e. The molecule has 0 aromatic rings. The molecule has 0 heterocycles. The van der Waals surface area contributed by atoms with Crippen molar-refractivity contribution in [3.63, 3.8) is 0 Å². The Morgan fingerprint density at radius 2 is 2.19 bits per heavy atom. The van der Waals surface area contributed by atoms with E-state index in [4.69, 9.17) is 16.2 Å². The molecular weight excluding hydrogens is 212 g/mol. The van der Waals surface area contributed by atoms with E-state index in [2.05, 4.69) is 10.6 Å². The molecule has 0 saturated heterocycles. The molecule has 0 fully saturated rings. The summed E-state index contributed by atoms with van der Waals surface area (Å²) in [5.74, 6) is -1.12. The van der Waals surface area contributed by atoms with Crippen molar-refractivity contribution in [2.24, 2.45) is 5.73 Å². The van der Waals surface area contributed by atoms with Gasteiger partial charge in [-0.05, 0) is 19.3 Å². The van der Waals surface area contributed by atoms with Gasteiger partial charge in [0.1, 0.15) is 12.3 Å². The number of aliphatic hydroxyl groups is 1. The summed E-state index contributed by atoms with van der Waals surface area (Å²) >= 11 is 0. The SMILES string of the molecule is CCC(O)NC(CCCNC(=N)N)C(=O)O. The van der Waals surface area contributed by atoms with E-state index in [-0.39, 0.29) is 5.96 Å². The van der Waals surface area contributed by atoms with Crippen LogP contribution in [0, 0.1) is 5.41 Å². The lowest BCUT2D eigenvalue weighted by molar-refractivity contribution is -0.140. The van der Waals surface area contributed by atoms with E-state index in [1.54, 1.807) is 6.92 Å². The third-order valence-corrected chi connectivity index (χ3v) is 2.06. The van der Waals surface area contributed by atoms with Crippen LogP contribution in [0.15, 0.2) is 0 Å². The summed E-state index contributed by atoms with van der Waals surface area (Å²) in [6.45, 7) is 2.21. The van der Waals surface area contributed by atoms with Crippen LogP contribution < -0.4 is 16.4 Å². The van der Waals surface area contributed by atoms with E-state index in [0.717, 1.165) is 0 Å². The molecule has 7 nitrogen and oxygen atoms in total. The molecule has 7 N–H and O–H groups in total. The number of carbonyl (C=O) groups is 1. The zero-order valence-corrected chi connectivity index (χ0v) is 9.36. The molecular formula is C9H20N4O3. The molecule has 0 saturated carbocycles. The van der Waals surface area contributed by atoms with Gasteiger partial charge in [-0.3, -0.25) is 15.5 Å². The predicted molar refractivity (Wildman–Crippen MR) is 60.0 cm³/mol. The van der Waals surface area contributed by atoms with Crippen LogP contribution >= 0.6 is 0 Å². The summed E-state index contributed by atoms with van der Waals surface area (Å²) < 4.78 is 0. The fraction of sp³-hybridized carbons (Fsp3) is 0.778. The minimum absolute atomic E-state index is 0.131. The number of hydrogen-bond donors (Lipinski definition) is 6. The third kappa shape index (κ3) is 7.02. The van der Waals surface area contributed by atoms with Crippen LogP contribution in [-0.2, 0) is 4.79 Å². The standard InChI is InChI=1S/C9H20N4O3/c1-2-7(14)13-6(8(15)16)4-3-5-12-9(10)11/h6-7,13-14H,2-5H2,1H3,(H,15,16)(H4,10,11,12). The molecule has 0 spiro atoms. The van der Waals surface area contributed by atoms with Crippen molar-refractivity contribution in [2.45, 2.75) is 38.5 Å². The normalized spacial score (nSPS) is 14.1. The van der Waals surface area contributed by atoms with Gasteiger partial charge in [-0.15, -0.1) is 0 Å². The second-order valence-electron chi connectivity index (χ2n) is 3.46. The summed E-state index contributed by atoms with van der Waals surface area (Å²) in [5.41, 5.74) is 5.07. The predicted octanol–water partition coefficient (Wildman–Crippen LogP) is -0.979. The van der Waals surface area contributed by atoms with Gasteiger partial charge in [0.25, 0.3) is 0 Å². The maximum atomic E-state index is 10.8. The lowest BCUT2D eigenvalue weighted by Gasteiger charge is -2.18. The fourth-order valence-corrected chi connectivity index (χ4v) is 1.16. The molecule has 0 aliphatic rings. The number of guanidine groups is 1. The molecule has 16 heavy (non-hydrogen) atoms. The molecule has 0 rings (SSSR count). The molecule has 0 radical (unpaired) electrons. The molecule has 2 unspecified atom stereocenters. The average Bonchev–Trinajstić information content (AvgIpc) is 2.21. The van der Waals surface area contributed by atoms with Crippen molar-refractivity contribution in [3.8, 4) is 0 Å². The number of nitrogens with two attached hydrogens (primary N) is 1. The molecule has 0 amide bonds. The van der Waals surface area contributed by atoms with Crippen LogP contribution in [0.3, 0.4) is 0 Å². The summed E-state index contributed by atoms with van der Waals surface area (Å²) in [5, 5.41) is 30.2. The minimum Gasteiger partial charge on any atom is -0.480 e. The number of carboxylic acid groups (broad SMARTS) is 1. The molecule has 0 aliphatic carbocycles. The molecule has 7 heteroatoms. The van der Waals surface area contributed by atoms with Crippen molar-refractivity contribution >= 4 is 11.9 Å². The quantitative estimate of drug-likeness (QED) is 0.138. The van der Waals surface area contributed by atoms with Gasteiger partial charge in [-0.2, -0.15) is 0 Å². The van der Waals surface area contributed by atoms with E-state index in [0.29, 0.717) is 25.8 Å². The number of rotatable bonds is 8. The number of aliphatic hydroxyl groups excluding tert-OH is 1. The lowest BCUT2D eigenvalue weighted by atomic mass is 10.1. The number of carboxylic acids is 1. The third-order valence-electron chi connectivity index (χ3n) is 2.06. The Bertz CT molecular complexity index is 235. The summed E-state index contributed by atoms with van der Waals surface area (Å²) in [6.07, 6.45) is 0.573. The Morgan fingerprint density at radius 3 is 2.62 bits per heavy atom. The van der Waals surface area contributed by atoms with Crippen molar-refractivity contribution in [1.29, 1.82) is 5.41 Å². The Morgan fingerprint density at radius 1 is 1.56 bits per heavy atom. The Balaban J connectivity index is 3.86. The Labute approximate surface area is 94.5 Å². The summed E-state index contributed by atoms with van der Waals surface area (Å²) in [7, 11) is 0. The van der Waals surface area contributed by atoms with Crippen molar-refractivity contribution in [2.75, 3.05) is 6.54 Å². The van der Waals surface area contributed by atoms with Crippen molar-refractivity contribution in [3.05, 3.63) is 0 Å². The van der Waals surface area contributed by atoms with Crippen LogP contribution in [0.2, 0.25) is 0 Å². The zero-order valence-electron chi connectivity index (χ0n) is 9.36. The number of aliphatic carboxylic acids is 1. The van der Waals surface area contributed by atoms with E-state index in [1.807, 2.05) is 0 Å². The number of nitrogens with one attached hydrogen (secondary N) is 3. The van der Waals surface area contributed by atoms with Crippen LogP contribution in [0.4, 0.5) is 0 Å². The monoisotopic (exact) mass is 232 g/mol. The van der Waals surface area contributed by atoms with Gasteiger partial charge in [0.15, 0.2) is 5.96 Å². The van der Waals surface area contributed by atoms with Crippen LogP contribution in [0.1, 0.15) is 26.2 Å². The maximum absolute atomic E-state index is 10.8. The highest BCUT2D eigenvalue weighted by Gasteiger charge is 2.18. The number of hydrogen-bond acceptors (Lipinski definition) is 4. The highest BCUT2D eigenvalue weighted by atomic mass is 16.4. The smallest absolute Gasteiger partial charge is 0.320 e. The van der Waals surface area contributed by atoms with Gasteiger partial charge in [0.05, 0.1) is 0 Å². The van der Waals surface area contributed by atoms with Gasteiger partial charge in [-0.1, -0.05) is 6.92 Å². The van der Waals surface area contributed by atoms with Crippen LogP contribution in [0.5, 0.6) is 0 Å². The minimum atomic E-state index is -0.990. The van der Waals surface area contributed by atoms with E-state index >= 15 is 0 Å². The van der Waals surface area contributed by atoms with E-state index in [1.165, 1.54) is 0 Å². The molecule has 94 valence electrons. The summed E-state index contributed by atoms with van der Waals surface area (Å²) in [6, 6.07) is -0.774. The molecule has 2 atom stereocenters. The highest BCUT2D eigenvalue weighted by molar-refractivity contribution is 5.74. The topological polar surface area (TPSA) is 131 Å². The van der Waals surface area contributed by atoms with Gasteiger partial charge in [-0.25, -0.2) is 0 Å². The molecule has 0 aliphatic heterocycles. The van der Waals surface area contributed by atoms with E-state index in [9.17, 15) is 9.90 Å². The summed E-state index contributed by atoms with van der Waals surface area (Å²) in [4.78, 5) is 10.8. The first-order valence-corrected chi connectivity index (χ1v) is 5.22. The average molecular weight is 232 g/mol. The first-order valence-electron chi connectivity index (χ1n) is 5.22. The van der Waals surface area contributed by atoms with Gasteiger partial charge in [0.2, 0.25) is 0 Å². The van der Waals surface area contributed by atoms with Gasteiger partial charge < -0.3 is 21.3 Å². The first-order chi connectivity index (χ1) is 7.47. The first kappa shape index (κ1) is 14.7. The molecule has 0 bridgehead atoms. The Hall–Kier alpha value is -1.34. The van der Waals surface area contributed by atoms with Crippen LogP contribution in [-0.4, -0.2) is 41.0 Å². The maximum Gasteiger partial charge on any atom is 0.320 e. The van der Waals surface area contributed by atoms with Gasteiger partial charge >= 0.3 is 5.97 Å². The second-order valence-corrected chi connectivity index (χ2v) is 3.46. The second kappa shape index (κ2) is 7.89. The molecule has 0 aromatic heterocycles. The van der Waals surface area contributed by atoms with Gasteiger partial charge in [0, 0.05) is 6.54 Å². The molecule has 0 aromatic carbocycles. The lowest BCUT2D eigenvalue weighted by Crippen LogP contribution is -2.43. The van der Waals surface area contributed by atoms with Crippen molar-refractivity contribution in [1.82, 2.24) is 10.6 Å². The van der Waals surface area contributed by atoms with Crippen LogP contribution in [0.25, 0.3) is 0 Å². The fourth-order valence-electron chi connectivity index (χ4n) is 1.16.